The highest BCUT2D eigenvalue weighted by Crippen LogP contribution is 2.34. The SMILES string of the molecule is CCOC(=O)c1sc2nc(C)nc(NCc3cn4ccsc4n3)c2c1C. The Labute approximate surface area is 157 Å². The highest BCUT2D eigenvalue weighted by Gasteiger charge is 2.21. The number of thiophene rings is 1. The van der Waals surface area contributed by atoms with Crippen LogP contribution in [-0.4, -0.2) is 31.9 Å². The van der Waals surface area contributed by atoms with Crippen LogP contribution < -0.4 is 5.32 Å². The molecule has 4 aromatic rings. The summed E-state index contributed by atoms with van der Waals surface area (Å²) in [6, 6.07) is 0. The zero-order valence-corrected chi connectivity index (χ0v) is 16.2. The molecule has 26 heavy (non-hydrogen) atoms. The predicted octanol–water partition coefficient (Wildman–Crippen LogP) is 3.81. The lowest BCUT2D eigenvalue weighted by molar-refractivity contribution is 0.0531. The number of thiazole rings is 1. The van der Waals surface area contributed by atoms with Crippen molar-refractivity contribution >= 4 is 49.6 Å². The smallest absolute Gasteiger partial charge is 0.348 e. The standard InChI is InChI=1S/C17H17N5O2S2/c1-4-24-16(23)13-9(2)12-14(19-10(3)20-15(12)26-13)18-7-11-8-22-5-6-25-17(22)21-11/h5-6,8H,4,7H2,1-3H3,(H,18,19,20). The van der Waals surface area contributed by atoms with Gasteiger partial charge in [0.15, 0.2) is 4.96 Å². The van der Waals surface area contributed by atoms with Gasteiger partial charge in [0, 0.05) is 17.8 Å². The fourth-order valence-electron chi connectivity index (χ4n) is 2.80. The highest BCUT2D eigenvalue weighted by molar-refractivity contribution is 7.20. The number of carbonyl (C=O) groups excluding carboxylic acids is 1. The monoisotopic (exact) mass is 387 g/mol. The average Bonchev–Trinajstić information content (AvgIpc) is 3.26. The van der Waals surface area contributed by atoms with Crippen molar-refractivity contribution in [3.8, 4) is 0 Å². The van der Waals surface area contributed by atoms with Gasteiger partial charge in [-0.3, -0.25) is 4.40 Å². The van der Waals surface area contributed by atoms with Gasteiger partial charge < -0.3 is 10.1 Å². The van der Waals surface area contributed by atoms with Crippen LogP contribution in [0.4, 0.5) is 5.82 Å². The first-order chi connectivity index (χ1) is 12.6. The van der Waals surface area contributed by atoms with Crippen molar-refractivity contribution in [3.63, 3.8) is 0 Å². The molecule has 134 valence electrons. The van der Waals surface area contributed by atoms with E-state index in [1.807, 2.05) is 36.0 Å². The molecule has 0 aliphatic rings. The first-order valence-corrected chi connectivity index (χ1v) is 9.86. The normalized spacial score (nSPS) is 11.3. The molecule has 0 unspecified atom stereocenters. The lowest BCUT2D eigenvalue weighted by Gasteiger charge is -2.07. The third-order valence-electron chi connectivity index (χ3n) is 3.94. The molecule has 0 bridgehead atoms. The van der Waals surface area contributed by atoms with Crippen molar-refractivity contribution in [2.45, 2.75) is 27.3 Å². The van der Waals surface area contributed by atoms with E-state index in [0.29, 0.717) is 29.7 Å². The number of anilines is 1. The molecule has 0 saturated heterocycles. The Morgan fingerprint density at radius 3 is 2.92 bits per heavy atom. The van der Waals surface area contributed by atoms with E-state index in [9.17, 15) is 4.79 Å². The Balaban J connectivity index is 1.69. The maximum atomic E-state index is 12.2. The van der Waals surface area contributed by atoms with Gasteiger partial charge in [-0.2, -0.15) is 0 Å². The molecule has 4 rings (SSSR count). The number of carbonyl (C=O) groups is 1. The van der Waals surface area contributed by atoms with E-state index in [2.05, 4.69) is 20.3 Å². The maximum absolute atomic E-state index is 12.2. The molecule has 0 aromatic carbocycles. The fraction of sp³-hybridized carbons (Fsp3) is 0.294. The number of imidazole rings is 1. The first-order valence-electron chi connectivity index (χ1n) is 8.16. The van der Waals surface area contributed by atoms with Crippen LogP contribution in [0.2, 0.25) is 0 Å². The third kappa shape index (κ3) is 2.93. The van der Waals surface area contributed by atoms with Crippen LogP contribution in [0.1, 0.15) is 33.7 Å². The molecule has 4 aromatic heterocycles. The number of rotatable bonds is 5. The second-order valence-electron chi connectivity index (χ2n) is 5.75. The molecule has 0 aliphatic heterocycles. The van der Waals surface area contributed by atoms with E-state index in [1.54, 1.807) is 18.3 Å². The average molecular weight is 387 g/mol. The summed E-state index contributed by atoms with van der Waals surface area (Å²) in [5.41, 5.74) is 1.77. The molecular formula is C17H17N5O2S2. The topological polar surface area (TPSA) is 81.4 Å². The number of hydrogen-bond acceptors (Lipinski definition) is 8. The predicted molar refractivity (Wildman–Crippen MR) is 103 cm³/mol. The zero-order valence-electron chi connectivity index (χ0n) is 14.6. The lowest BCUT2D eigenvalue weighted by Crippen LogP contribution is -2.05. The van der Waals surface area contributed by atoms with Crippen molar-refractivity contribution in [3.05, 3.63) is 39.7 Å². The number of ether oxygens (including phenoxy) is 1. The first kappa shape index (κ1) is 16.9. The van der Waals surface area contributed by atoms with Crippen LogP contribution >= 0.6 is 22.7 Å². The van der Waals surface area contributed by atoms with Gasteiger partial charge in [-0.05, 0) is 26.3 Å². The minimum atomic E-state index is -0.314. The van der Waals surface area contributed by atoms with Gasteiger partial charge in [0.05, 0.1) is 24.2 Å². The van der Waals surface area contributed by atoms with Crippen molar-refractivity contribution in [1.82, 2.24) is 19.4 Å². The largest absolute Gasteiger partial charge is 0.462 e. The Morgan fingerprint density at radius 1 is 1.31 bits per heavy atom. The number of hydrogen-bond donors (Lipinski definition) is 1. The van der Waals surface area contributed by atoms with Gasteiger partial charge in [0.25, 0.3) is 0 Å². The molecule has 0 saturated carbocycles. The molecule has 7 nitrogen and oxygen atoms in total. The highest BCUT2D eigenvalue weighted by atomic mass is 32.1. The van der Waals surface area contributed by atoms with Crippen LogP contribution in [0.15, 0.2) is 17.8 Å². The molecule has 0 atom stereocenters. The van der Waals surface area contributed by atoms with E-state index in [-0.39, 0.29) is 5.97 Å². The molecular weight excluding hydrogens is 370 g/mol. The Hall–Kier alpha value is -2.52. The van der Waals surface area contributed by atoms with Crippen LogP contribution in [0, 0.1) is 13.8 Å². The van der Waals surface area contributed by atoms with Crippen LogP contribution in [-0.2, 0) is 11.3 Å². The summed E-state index contributed by atoms with van der Waals surface area (Å²) in [6.07, 6.45) is 3.98. The van der Waals surface area contributed by atoms with E-state index in [0.717, 1.165) is 26.4 Å². The zero-order chi connectivity index (χ0) is 18.3. The maximum Gasteiger partial charge on any atom is 0.348 e. The third-order valence-corrected chi connectivity index (χ3v) is 5.88. The van der Waals surface area contributed by atoms with Gasteiger partial charge in [-0.1, -0.05) is 0 Å². The number of nitrogens with one attached hydrogen (secondary N) is 1. The Kier molecular flexibility index (Phi) is 4.33. The molecule has 4 heterocycles. The number of esters is 1. The molecule has 0 spiro atoms. The van der Waals surface area contributed by atoms with Gasteiger partial charge in [0.1, 0.15) is 21.3 Å². The number of aryl methyl sites for hydroxylation is 2. The number of nitrogens with zero attached hydrogens (tertiary/aromatic N) is 4. The van der Waals surface area contributed by atoms with E-state index in [1.165, 1.54) is 11.3 Å². The van der Waals surface area contributed by atoms with Gasteiger partial charge in [-0.15, -0.1) is 22.7 Å². The van der Waals surface area contributed by atoms with E-state index in [4.69, 9.17) is 4.74 Å². The minimum Gasteiger partial charge on any atom is -0.462 e. The molecule has 0 amide bonds. The summed E-state index contributed by atoms with van der Waals surface area (Å²) in [6.45, 7) is 6.44. The van der Waals surface area contributed by atoms with Crippen molar-refractivity contribution in [2.75, 3.05) is 11.9 Å². The number of fused-ring (bicyclic) bond motifs is 2. The fourth-order valence-corrected chi connectivity index (χ4v) is 4.64. The van der Waals surface area contributed by atoms with Gasteiger partial charge in [0.2, 0.25) is 0 Å². The second kappa shape index (κ2) is 6.65. The number of aromatic nitrogens is 4. The van der Waals surface area contributed by atoms with Crippen LogP contribution in [0.3, 0.4) is 0 Å². The molecule has 0 aliphatic carbocycles. The lowest BCUT2D eigenvalue weighted by atomic mass is 10.2. The molecule has 0 fully saturated rings. The van der Waals surface area contributed by atoms with E-state index < -0.39 is 0 Å². The summed E-state index contributed by atoms with van der Waals surface area (Å²) in [7, 11) is 0. The Morgan fingerprint density at radius 2 is 2.15 bits per heavy atom. The van der Waals surface area contributed by atoms with Gasteiger partial charge in [-0.25, -0.2) is 19.7 Å². The summed E-state index contributed by atoms with van der Waals surface area (Å²) in [5.74, 6) is 1.06. The van der Waals surface area contributed by atoms with Crippen molar-refractivity contribution in [1.29, 1.82) is 0 Å². The minimum absolute atomic E-state index is 0.314. The molecule has 1 N–H and O–H groups in total. The van der Waals surface area contributed by atoms with E-state index >= 15 is 0 Å². The summed E-state index contributed by atoms with van der Waals surface area (Å²) in [5, 5.41) is 6.22. The quantitative estimate of drug-likeness (QED) is 0.525. The van der Waals surface area contributed by atoms with Crippen LogP contribution in [0.25, 0.3) is 15.2 Å². The van der Waals surface area contributed by atoms with Crippen molar-refractivity contribution in [2.24, 2.45) is 0 Å². The second-order valence-corrected chi connectivity index (χ2v) is 7.63. The summed E-state index contributed by atoms with van der Waals surface area (Å²) in [4.78, 5) is 28.1. The molecule has 9 heteroatoms. The van der Waals surface area contributed by atoms with Crippen molar-refractivity contribution < 1.29 is 9.53 Å². The molecule has 0 radical (unpaired) electrons. The summed E-state index contributed by atoms with van der Waals surface area (Å²) >= 11 is 2.94. The van der Waals surface area contributed by atoms with Gasteiger partial charge >= 0.3 is 5.97 Å². The summed E-state index contributed by atoms with van der Waals surface area (Å²) < 4.78 is 7.15. The Bertz CT molecular complexity index is 1080. The van der Waals surface area contributed by atoms with Crippen LogP contribution in [0.5, 0.6) is 0 Å².